The van der Waals surface area contributed by atoms with Gasteiger partial charge in [0.05, 0.1) is 17.8 Å². The molecule has 0 aliphatic rings. The number of rotatable bonds is 3. The van der Waals surface area contributed by atoms with Gasteiger partial charge in [-0.15, -0.1) is 10.2 Å². The molecule has 7 nitrogen and oxygen atoms in total. The van der Waals surface area contributed by atoms with Gasteiger partial charge in [0.25, 0.3) is 11.8 Å². The topological polar surface area (TPSA) is 107 Å². The highest BCUT2D eigenvalue weighted by Crippen LogP contribution is 2.46. The van der Waals surface area contributed by atoms with Crippen molar-refractivity contribution in [3.8, 4) is 17.5 Å². The van der Waals surface area contributed by atoms with Crippen molar-refractivity contribution in [2.75, 3.05) is 12.8 Å². The molecule has 2 aromatic heterocycles. The van der Waals surface area contributed by atoms with E-state index in [1.165, 1.54) is 0 Å². The van der Waals surface area contributed by atoms with Gasteiger partial charge in [-0.2, -0.15) is 26.3 Å². The van der Waals surface area contributed by atoms with Crippen molar-refractivity contribution >= 4 is 17.3 Å². The van der Waals surface area contributed by atoms with Gasteiger partial charge < -0.3 is 20.0 Å². The molecule has 0 amide bonds. The Morgan fingerprint density at radius 3 is 2.19 bits per heavy atom. The minimum atomic E-state index is -5.16. The van der Waals surface area contributed by atoms with Crippen LogP contribution in [0.25, 0.3) is 11.6 Å². The van der Waals surface area contributed by atoms with Gasteiger partial charge in [0.15, 0.2) is 5.69 Å². The number of pyridine rings is 1. The third-order valence-electron chi connectivity index (χ3n) is 3.21. The van der Waals surface area contributed by atoms with Crippen LogP contribution in [0.4, 0.5) is 32.0 Å². The molecule has 2 aromatic rings. The van der Waals surface area contributed by atoms with Crippen LogP contribution in [0.5, 0.6) is 5.88 Å². The molecule has 0 aliphatic heterocycles. The first-order valence-corrected chi connectivity index (χ1v) is 6.83. The van der Waals surface area contributed by atoms with E-state index in [1.807, 2.05) is 0 Å². The van der Waals surface area contributed by atoms with Gasteiger partial charge in [-0.05, 0) is 6.92 Å². The summed E-state index contributed by atoms with van der Waals surface area (Å²) in [6, 6.07) is 0. The monoisotopic (exact) mass is 406 g/mol. The van der Waals surface area contributed by atoms with Crippen molar-refractivity contribution in [3.05, 3.63) is 16.5 Å². The molecule has 0 aromatic carbocycles. The number of anilines is 1. The maximum absolute atomic E-state index is 13.0. The van der Waals surface area contributed by atoms with E-state index in [4.69, 9.17) is 21.8 Å². The Morgan fingerprint density at radius 1 is 1.15 bits per heavy atom. The number of aliphatic hydroxyl groups is 1. The van der Waals surface area contributed by atoms with Crippen LogP contribution in [0.2, 0.25) is 5.02 Å². The molecule has 0 saturated carbocycles. The predicted molar refractivity (Wildman–Crippen MR) is 74.1 cm³/mol. The summed E-state index contributed by atoms with van der Waals surface area (Å²) in [7, 11) is 0.863. The molecule has 1 atom stereocenters. The van der Waals surface area contributed by atoms with E-state index in [1.54, 1.807) is 0 Å². The second-order valence-corrected chi connectivity index (χ2v) is 5.43. The average molecular weight is 407 g/mol. The fourth-order valence-corrected chi connectivity index (χ4v) is 2.02. The molecule has 3 N–H and O–H groups in total. The van der Waals surface area contributed by atoms with E-state index in [-0.39, 0.29) is 0 Å². The number of nitrogens with zero attached hydrogens (tertiary/aromatic N) is 3. The molecule has 1 unspecified atom stereocenters. The van der Waals surface area contributed by atoms with E-state index < -0.39 is 57.6 Å². The number of halogens is 7. The lowest BCUT2D eigenvalue weighted by atomic mass is 10.1. The standard InChI is InChI=1S/C12H9ClF6N4O3/c1-10(24,12(17,18)19)9-23-22-8(26-9)6-5(20)4(13)3(11(14,15)16)7(21-6)25-2/h24H,20H2,1-2H3. The first-order valence-electron chi connectivity index (χ1n) is 6.45. The summed E-state index contributed by atoms with van der Waals surface area (Å²) in [5.74, 6) is -3.07. The Morgan fingerprint density at radius 2 is 1.73 bits per heavy atom. The van der Waals surface area contributed by atoms with Crippen LogP contribution in [-0.4, -0.2) is 33.6 Å². The molecule has 2 rings (SSSR count). The third-order valence-corrected chi connectivity index (χ3v) is 3.60. The number of methoxy groups -OCH3 is 1. The Labute approximate surface area is 145 Å². The van der Waals surface area contributed by atoms with Gasteiger partial charge in [-0.25, -0.2) is 4.98 Å². The minimum Gasteiger partial charge on any atom is -0.481 e. The van der Waals surface area contributed by atoms with Gasteiger partial charge in [-0.1, -0.05) is 11.6 Å². The molecule has 0 aliphatic carbocycles. The summed E-state index contributed by atoms with van der Waals surface area (Å²) in [5, 5.41) is 14.7. The molecule has 0 spiro atoms. The molecule has 0 radical (unpaired) electrons. The lowest BCUT2D eigenvalue weighted by Gasteiger charge is -2.21. The van der Waals surface area contributed by atoms with Crippen LogP contribution in [0, 0.1) is 0 Å². The van der Waals surface area contributed by atoms with Crippen molar-refractivity contribution in [2.45, 2.75) is 24.9 Å². The Bertz CT molecular complexity index is 834. The number of aromatic nitrogens is 3. The Kier molecular flexibility index (Phi) is 4.75. The number of hydrogen-bond acceptors (Lipinski definition) is 7. The second kappa shape index (κ2) is 6.16. The fourth-order valence-electron chi connectivity index (χ4n) is 1.74. The lowest BCUT2D eigenvalue weighted by molar-refractivity contribution is -0.266. The van der Waals surface area contributed by atoms with Crippen molar-refractivity contribution < 1.29 is 40.6 Å². The van der Waals surface area contributed by atoms with Crippen LogP contribution in [0.15, 0.2) is 4.42 Å². The minimum absolute atomic E-state index is 0.349. The van der Waals surface area contributed by atoms with Gasteiger partial charge in [0.2, 0.25) is 11.5 Å². The Hall–Kier alpha value is -2.28. The van der Waals surface area contributed by atoms with Gasteiger partial charge in [0, 0.05) is 0 Å². The van der Waals surface area contributed by atoms with E-state index >= 15 is 0 Å². The highest BCUT2D eigenvalue weighted by molar-refractivity contribution is 6.34. The van der Waals surface area contributed by atoms with Gasteiger partial charge in [0.1, 0.15) is 5.56 Å². The highest BCUT2D eigenvalue weighted by Gasteiger charge is 2.55. The molecular formula is C12H9ClF6N4O3. The van der Waals surface area contributed by atoms with Crippen molar-refractivity contribution in [1.29, 1.82) is 0 Å². The number of hydrogen-bond donors (Lipinski definition) is 2. The van der Waals surface area contributed by atoms with E-state index in [0.29, 0.717) is 6.92 Å². The maximum Gasteiger partial charge on any atom is 0.426 e. The lowest BCUT2D eigenvalue weighted by Crippen LogP contribution is -2.39. The van der Waals surface area contributed by atoms with E-state index in [2.05, 4.69) is 19.9 Å². The van der Waals surface area contributed by atoms with E-state index in [9.17, 15) is 31.4 Å². The molecule has 0 saturated heterocycles. The predicted octanol–water partition coefficient (Wildman–Crippen LogP) is 3.16. The SMILES string of the molecule is COc1nc(-c2nnc(C(C)(O)C(F)(F)F)o2)c(N)c(Cl)c1C(F)(F)F. The Balaban J connectivity index is 2.64. The van der Waals surface area contributed by atoms with Crippen LogP contribution in [0.1, 0.15) is 18.4 Å². The first kappa shape index (κ1) is 20.0. The van der Waals surface area contributed by atoms with Gasteiger partial charge >= 0.3 is 12.4 Å². The van der Waals surface area contributed by atoms with Crippen molar-refractivity contribution in [1.82, 2.24) is 15.2 Å². The average Bonchev–Trinajstić information content (AvgIpc) is 2.97. The summed E-state index contributed by atoms with van der Waals surface area (Å²) >= 11 is 5.60. The molecular weight excluding hydrogens is 398 g/mol. The first-order chi connectivity index (χ1) is 11.7. The van der Waals surface area contributed by atoms with Crippen LogP contribution in [0.3, 0.4) is 0 Å². The maximum atomic E-state index is 13.0. The summed E-state index contributed by atoms with van der Waals surface area (Å²) in [4.78, 5) is 3.44. The van der Waals surface area contributed by atoms with Crippen molar-refractivity contribution in [3.63, 3.8) is 0 Å². The zero-order valence-corrected chi connectivity index (χ0v) is 13.6. The van der Waals surface area contributed by atoms with Crippen LogP contribution >= 0.6 is 11.6 Å². The summed E-state index contributed by atoms with van der Waals surface area (Å²) < 4.78 is 86.7. The quantitative estimate of drug-likeness (QED) is 0.754. The van der Waals surface area contributed by atoms with Crippen LogP contribution in [-0.2, 0) is 11.8 Å². The number of ether oxygens (including phenoxy) is 1. The van der Waals surface area contributed by atoms with Crippen molar-refractivity contribution in [2.24, 2.45) is 0 Å². The normalized spacial score (nSPS) is 15.0. The van der Waals surface area contributed by atoms with E-state index in [0.717, 1.165) is 7.11 Å². The van der Waals surface area contributed by atoms with Crippen LogP contribution < -0.4 is 10.5 Å². The fraction of sp³-hybridized carbons (Fsp3) is 0.417. The zero-order chi connectivity index (χ0) is 20.1. The molecule has 0 fully saturated rings. The number of nitrogen functional groups attached to an aromatic ring is 1. The molecule has 2 heterocycles. The molecule has 0 bridgehead atoms. The summed E-state index contributed by atoms with van der Waals surface area (Å²) in [6.45, 7) is 0.349. The highest BCUT2D eigenvalue weighted by atomic mass is 35.5. The zero-order valence-electron chi connectivity index (χ0n) is 12.8. The molecule has 144 valence electrons. The number of alkyl halides is 6. The summed E-state index contributed by atoms with van der Waals surface area (Å²) in [5.41, 5.74) is -0.930. The smallest absolute Gasteiger partial charge is 0.426 e. The molecule has 26 heavy (non-hydrogen) atoms. The largest absolute Gasteiger partial charge is 0.481 e. The summed E-state index contributed by atoms with van der Waals surface area (Å²) in [6.07, 6.45) is -10.1. The number of nitrogens with two attached hydrogens (primary N) is 1. The molecule has 14 heteroatoms. The second-order valence-electron chi connectivity index (χ2n) is 5.05. The third kappa shape index (κ3) is 3.23. The van der Waals surface area contributed by atoms with Gasteiger partial charge in [-0.3, -0.25) is 0 Å².